The second-order valence-corrected chi connectivity index (χ2v) is 6.02. The zero-order valence-electron chi connectivity index (χ0n) is 12.2. The number of ether oxygens (including phenoxy) is 1. The summed E-state index contributed by atoms with van der Waals surface area (Å²) in [5, 5.41) is 0. The van der Waals surface area contributed by atoms with Crippen LogP contribution in [0.15, 0.2) is 22.8 Å². The smallest absolute Gasteiger partial charge is 0.333 e. The number of carbonyl (C=O) groups excluding carboxylic acids is 2. The van der Waals surface area contributed by atoms with Gasteiger partial charge in [-0.1, -0.05) is 19.4 Å². The van der Waals surface area contributed by atoms with Gasteiger partial charge in [0, 0.05) is 11.1 Å². The zero-order chi connectivity index (χ0) is 14.2. The van der Waals surface area contributed by atoms with E-state index in [1.54, 1.807) is 13.0 Å². The fraction of sp³-hybridized carbons (Fsp3) is 0.625. The van der Waals surface area contributed by atoms with Crippen LogP contribution in [0.4, 0.5) is 0 Å². The maximum absolute atomic E-state index is 12.2. The molecule has 2 unspecified atom stereocenters. The van der Waals surface area contributed by atoms with Crippen LogP contribution in [0.5, 0.6) is 0 Å². The largest absolute Gasteiger partial charge is 0.466 e. The van der Waals surface area contributed by atoms with E-state index in [2.05, 4.69) is 13.8 Å². The van der Waals surface area contributed by atoms with E-state index in [4.69, 9.17) is 4.74 Å². The molecule has 2 aliphatic rings. The van der Waals surface area contributed by atoms with E-state index >= 15 is 0 Å². The highest BCUT2D eigenvalue weighted by Crippen LogP contribution is 2.51. The first kappa shape index (κ1) is 14.0. The minimum atomic E-state index is -0.396. The Balaban J connectivity index is 2.46. The molecule has 1 saturated carbocycles. The molecule has 0 spiro atoms. The molecule has 3 nitrogen and oxygen atoms in total. The van der Waals surface area contributed by atoms with Gasteiger partial charge in [0.25, 0.3) is 0 Å². The Morgan fingerprint density at radius 1 is 1.47 bits per heavy atom. The number of methoxy groups -OCH3 is 1. The van der Waals surface area contributed by atoms with E-state index < -0.39 is 5.97 Å². The van der Waals surface area contributed by atoms with Crippen molar-refractivity contribution < 1.29 is 14.3 Å². The van der Waals surface area contributed by atoms with E-state index in [-0.39, 0.29) is 11.2 Å². The van der Waals surface area contributed by atoms with E-state index in [0.717, 1.165) is 12.8 Å². The van der Waals surface area contributed by atoms with Gasteiger partial charge >= 0.3 is 5.97 Å². The third-order valence-electron chi connectivity index (χ3n) is 5.00. The number of ketones is 1. The van der Waals surface area contributed by atoms with Crippen LogP contribution in [-0.4, -0.2) is 18.9 Å². The van der Waals surface area contributed by atoms with E-state index in [1.165, 1.54) is 19.1 Å². The molecule has 2 aliphatic carbocycles. The highest BCUT2D eigenvalue weighted by molar-refractivity contribution is 6.10. The first-order valence-electron chi connectivity index (χ1n) is 6.93. The van der Waals surface area contributed by atoms with Gasteiger partial charge < -0.3 is 4.74 Å². The summed E-state index contributed by atoms with van der Waals surface area (Å²) in [5.74, 6) is 0.137. The topological polar surface area (TPSA) is 43.4 Å². The second-order valence-electron chi connectivity index (χ2n) is 6.02. The molecule has 0 aliphatic heterocycles. The van der Waals surface area contributed by atoms with Crippen molar-refractivity contribution in [3.05, 3.63) is 22.8 Å². The molecule has 0 amide bonds. The van der Waals surface area contributed by atoms with Gasteiger partial charge in [-0.25, -0.2) is 4.79 Å². The summed E-state index contributed by atoms with van der Waals surface area (Å²) in [6, 6.07) is 0. The second kappa shape index (κ2) is 4.95. The SMILES string of the molecule is COC(=O)C(C)=C1CC2(C)C(=CC1=O)CCCC2C. The van der Waals surface area contributed by atoms with Crippen molar-refractivity contribution in [2.45, 2.75) is 46.5 Å². The lowest BCUT2D eigenvalue weighted by Gasteiger charge is -2.45. The van der Waals surface area contributed by atoms with Crippen molar-refractivity contribution in [1.29, 1.82) is 0 Å². The molecule has 104 valence electrons. The standard InChI is InChI=1S/C16H22O3/c1-10-6-5-7-12-8-14(17)13(9-16(10,12)3)11(2)15(18)19-4/h8,10H,5-7,9H2,1-4H3. The molecule has 0 N–H and O–H groups in total. The molecule has 0 bridgehead atoms. The lowest BCUT2D eigenvalue weighted by molar-refractivity contribution is -0.136. The monoisotopic (exact) mass is 262 g/mol. The van der Waals surface area contributed by atoms with Crippen LogP contribution in [0.2, 0.25) is 0 Å². The lowest BCUT2D eigenvalue weighted by Crippen LogP contribution is -2.36. The van der Waals surface area contributed by atoms with Crippen molar-refractivity contribution in [2.75, 3.05) is 7.11 Å². The van der Waals surface area contributed by atoms with Crippen molar-refractivity contribution in [3.8, 4) is 0 Å². The molecular formula is C16H22O3. The highest BCUT2D eigenvalue weighted by atomic mass is 16.5. The molecule has 3 heteroatoms. The van der Waals surface area contributed by atoms with Gasteiger partial charge in [-0.05, 0) is 50.0 Å². The van der Waals surface area contributed by atoms with Gasteiger partial charge in [0.2, 0.25) is 0 Å². The molecule has 2 rings (SSSR count). The summed E-state index contributed by atoms with van der Waals surface area (Å²) in [5.41, 5.74) is 2.38. The Bertz CT molecular complexity index is 484. The first-order valence-corrected chi connectivity index (χ1v) is 6.93. The summed E-state index contributed by atoms with van der Waals surface area (Å²) in [7, 11) is 1.35. The summed E-state index contributed by atoms with van der Waals surface area (Å²) in [4.78, 5) is 23.9. The number of carbonyl (C=O) groups is 2. The van der Waals surface area contributed by atoms with Gasteiger partial charge in [-0.3, -0.25) is 4.79 Å². The van der Waals surface area contributed by atoms with Gasteiger partial charge in [0.15, 0.2) is 5.78 Å². The Morgan fingerprint density at radius 2 is 2.16 bits per heavy atom. The fourth-order valence-corrected chi connectivity index (χ4v) is 3.34. The first-order chi connectivity index (χ1) is 8.90. The maximum atomic E-state index is 12.2. The Labute approximate surface area is 114 Å². The summed E-state index contributed by atoms with van der Waals surface area (Å²) in [6.07, 6.45) is 5.79. The average Bonchev–Trinajstić information content (AvgIpc) is 2.39. The highest BCUT2D eigenvalue weighted by Gasteiger charge is 2.42. The predicted molar refractivity (Wildman–Crippen MR) is 73.5 cm³/mol. The third-order valence-corrected chi connectivity index (χ3v) is 5.00. The molecule has 1 fully saturated rings. The van der Waals surface area contributed by atoms with Gasteiger partial charge in [-0.15, -0.1) is 0 Å². The molecule has 0 aromatic rings. The average molecular weight is 262 g/mol. The minimum Gasteiger partial charge on any atom is -0.466 e. The molecule has 0 aromatic heterocycles. The van der Waals surface area contributed by atoms with Crippen LogP contribution in [-0.2, 0) is 14.3 Å². The summed E-state index contributed by atoms with van der Waals surface area (Å²) < 4.78 is 4.74. The lowest BCUT2D eigenvalue weighted by atomic mass is 9.59. The molecule has 19 heavy (non-hydrogen) atoms. The van der Waals surface area contributed by atoms with Crippen molar-refractivity contribution in [2.24, 2.45) is 11.3 Å². The van der Waals surface area contributed by atoms with Crippen molar-refractivity contribution in [3.63, 3.8) is 0 Å². The number of hydrogen-bond acceptors (Lipinski definition) is 3. The molecule has 0 heterocycles. The number of hydrogen-bond donors (Lipinski definition) is 0. The molecular weight excluding hydrogens is 240 g/mol. The summed E-state index contributed by atoms with van der Waals surface area (Å²) in [6.45, 7) is 6.16. The predicted octanol–water partition coefficient (Wildman–Crippen LogP) is 3.20. The van der Waals surface area contributed by atoms with Crippen LogP contribution in [0, 0.1) is 11.3 Å². The summed E-state index contributed by atoms with van der Waals surface area (Å²) >= 11 is 0. The Kier molecular flexibility index (Phi) is 3.66. The minimum absolute atomic E-state index is 0.00975. The fourth-order valence-electron chi connectivity index (χ4n) is 3.34. The van der Waals surface area contributed by atoms with E-state index in [0.29, 0.717) is 23.5 Å². The van der Waals surface area contributed by atoms with Crippen LogP contribution in [0.25, 0.3) is 0 Å². The van der Waals surface area contributed by atoms with Gasteiger partial charge in [0.1, 0.15) is 0 Å². The van der Waals surface area contributed by atoms with Crippen LogP contribution in [0.3, 0.4) is 0 Å². The van der Waals surface area contributed by atoms with Crippen molar-refractivity contribution >= 4 is 11.8 Å². The van der Waals surface area contributed by atoms with Crippen molar-refractivity contribution in [1.82, 2.24) is 0 Å². The molecule has 2 atom stereocenters. The number of fused-ring (bicyclic) bond motifs is 1. The number of allylic oxidation sites excluding steroid dienone is 3. The zero-order valence-corrected chi connectivity index (χ0v) is 12.2. The van der Waals surface area contributed by atoms with Gasteiger partial charge in [0.05, 0.1) is 7.11 Å². The quantitative estimate of drug-likeness (QED) is 0.538. The van der Waals surface area contributed by atoms with Crippen LogP contribution < -0.4 is 0 Å². The number of esters is 1. The van der Waals surface area contributed by atoms with E-state index in [9.17, 15) is 9.59 Å². The molecule has 0 radical (unpaired) electrons. The normalized spacial score (nSPS) is 33.4. The Hall–Kier alpha value is -1.38. The Morgan fingerprint density at radius 3 is 2.79 bits per heavy atom. The van der Waals surface area contributed by atoms with Crippen LogP contribution in [0.1, 0.15) is 46.5 Å². The maximum Gasteiger partial charge on any atom is 0.333 e. The van der Waals surface area contributed by atoms with E-state index in [1.807, 2.05) is 0 Å². The third kappa shape index (κ3) is 2.26. The number of rotatable bonds is 1. The molecule has 0 saturated heterocycles. The van der Waals surface area contributed by atoms with Gasteiger partial charge in [-0.2, -0.15) is 0 Å². The molecule has 0 aromatic carbocycles. The van der Waals surface area contributed by atoms with Crippen LogP contribution >= 0.6 is 0 Å².